The van der Waals surface area contributed by atoms with E-state index in [0.29, 0.717) is 0 Å². The summed E-state index contributed by atoms with van der Waals surface area (Å²) in [5.74, 6) is -0.0425. The van der Waals surface area contributed by atoms with Crippen LogP contribution in [0.4, 0.5) is 5.69 Å². The molecule has 0 saturated carbocycles. The second kappa shape index (κ2) is 7.61. The lowest BCUT2D eigenvalue weighted by atomic mass is 10.2. The minimum absolute atomic E-state index is 0.0549. The Hall–Kier alpha value is -2.66. The highest BCUT2D eigenvalue weighted by molar-refractivity contribution is 5.93. The van der Waals surface area contributed by atoms with Crippen LogP contribution in [0.2, 0.25) is 0 Å². The second-order valence-electron chi connectivity index (χ2n) is 2.90. The van der Waals surface area contributed by atoms with Crippen LogP contribution in [0.5, 0.6) is 0 Å². The highest BCUT2D eigenvalue weighted by Gasteiger charge is 1.95. The Morgan fingerprint density at radius 2 is 1.82 bits per heavy atom. The molecule has 0 atom stereocenters. The average molecular weight is 234 g/mol. The van der Waals surface area contributed by atoms with Gasteiger partial charge in [0.15, 0.2) is 5.96 Å². The maximum absolute atomic E-state index is 8.35. The van der Waals surface area contributed by atoms with Gasteiger partial charge in [-0.15, -0.1) is 0 Å². The lowest BCUT2D eigenvalue weighted by Gasteiger charge is -1.99. The smallest absolute Gasteiger partial charge is 0.231 e. The summed E-state index contributed by atoms with van der Waals surface area (Å²) in [5, 5.41) is 5.40. The molecular weight excluding hydrogens is 220 g/mol. The van der Waals surface area contributed by atoms with Crippen LogP contribution in [0.15, 0.2) is 34.3 Å². The van der Waals surface area contributed by atoms with Gasteiger partial charge in [-0.3, -0.25) is 0 Å². The van der Waals surface area contributed by atoms with Crippen LogP contribution in [0.3, 0.4) is 0 Å². The normalized spacial score (nSPS) is 9.59. The lowest BCUT2D eigenvalue weighted by molar-refractivity contribution is 0.563. The fourth-order valence-electron chi connectivity index (χ4n) is 0.970. The van der Waals surface area contributed by atoms with E-state index in [1.54, 1.807) is 0 Å². The third kappa shape index (κ3) is 6.43. The molecule has 0 aliphatic rings. The summed E-state index contributed by atoms with van der Waals surface area (Å²) in [6.07, 6.45) is 0.750. The zero-order valence-electron chi connectivity index (χ0n) is 9.34. The number of isocyanates is 1. The van der Waals surface area contributed by atoms with E-state index in [-0.39, 0.29) is 11.9 Å². The zero-order valence-corrected chi connectivity index (χ0v) is 9.34. The lowest BCUT2D eigenvalue weighted by Crippen LogP contribution is -2.26. The molecule has 0 aromatic heterocycles. The number of hydrogen-bond donors (Lipinski definition) is 4. The van der Waals surface area contributed by atoms with Crippen molar-refractivity contribution < 1.29 is 4.79 Å². The Labute approximate surface area is 98.6 Å². The summed E-state index contributed by atoms with van der Waals surface area (Å²) < 4.78 is 0. The molecular formula is C10H14N6O. The van der Waals surface area contributed by atoms with E-state index < -0.39 is 0 Å². The molecule has 0 unspecified atom stereocenters. The van der Waals surface area contributed by atoms with E-state index in [9.17, 15) is 0 Å². The first-order valence-electron chi connectivity index (χ1n) is 4.54. The van der Waals surface area contributed by atoms with Crippen molar-refractivity contribution in [1.82, 2.24) is 0 Å². The van der Waals surface area contributed by atoms with Gasteiger partial charge in [0.2, 0.25) is 12.0 Å². The molecule has 0 spiro atoms. The van der Waals surface area contributed by atoms with Crippen molar-refractivity contribution in [2.45, 2.75) is 6.92 Å². The van der Waals surface area contributed by atoms with E-state index in [1.165, 1.54) is 0 Å². The number of aryl methyl sites for hydroxylation is 1. The highest BCUT2D eigenvalue weighted by atomic mass is 16.1. The fraction of sp³-hybridized carbons (Fsp3) is 0.100. The molecule has 0 heterocycles. The molecule has 17 heavy (non-hydrogen) atoms. The van der Waals surface area contributed by atoms with Gasteiger partial charge in [-0.05, 0) is 18.6 Å². The quantitative estimate of drug-likeness (QED) is 0.310. The minimum atomic E-state index is -0.0974. The van der Waals surface area contributed by atoms with Gasteiger partial charge < -0.3 is 17.2 Å². The van der Waals surface area contributed by atoms with Crippen LogP contribution in [-0.4, -0.2) is 18.0 Å². The number of rotatable bonds is 1. The van der Waals surface area contributed by atoms with Crippen molar-refractivity contribution in [3.8, 4) is 0 Å². The van der Waals surface area contributed by atoms with Crippen LogP contribution in [0, 0.1) is 12.3 Å². The summed E-state index contributed by atoms with van der Waals surface area (Å²) in [7, 11) is 0. The van der Waals surface area contributed by atoms with E-state index in [4.69, 9.17) is 27.4 Å². The molecule has 7 N–H and O–H groups in total. The van der Waals surface area contributed by atoms with Gasteiger partial charge in [-0.2, -0.15) is 4.99 Å². The number of nitrogens with two attached hydrogens (primary N) is 3. The molecule has 0 amide bonds. The zero-order chi connectivity index (χ0) is 13.3. The number of hydrogen-bond acceptors (Lipinski definition) is 3. The molecule has 90 valence electrons. The molecule has 0 radical (unpaired) electrons. The number of para-hydroxylation sites is 1. The molecule has 0 bridgehead atoms. The Bertz CT molecular complexity index is 456. The van der Waals surface area contributed by atoms with Crippen molar-refractivity contribution in [3.05, 3.63) is 29.8 Å². The number of guanidine groups is 2. The van der Waals surface area contributed by atoms with Gasteiger partial charge in [-0.25, -0.2) is 15.2 Å². The Morgan fingerprint density at radius 1 is 1.29 bits per heavy atom. The first-order valence-corrected chi connectivity index (χ1v) is 4.54. The largest absolute Gasteiger partial charge is 0.370 e. The number of carbonyl (C=O) groups excluding carboxylic acids is 1. The Morgan fingerprint density at radius 3 is 2.29 bits per heavy atom. The summed E-state index contributed by atoms with van der Waals surface area (Å²) in [6.45, 7) is 1.93. The maximum Gasteiger partial charge on any atom is 0.231 e. The number of benzene rings is 1. The molecule has 1 rings (SSSR count). The first kappa shape index (κ1) is 14.3. The van der Waals surface area contributed by atoms with Crippen LogP contribution in [-0.2, 0) is 4.79 Å². The third-order valence-electron chi connectivity index (χ3n) is 1.59. The van der Waals surface area contributed by atoms with E-state index in [1.807, 2.05) is 31.2 Å². The topological polar surface area (TPSA) is 144 Å². The standard InChI is InChI=1S/C9H13N5.CHNO/c1-6-4-2-3-5-7(6)13-9(12)14-8(10)11;2-1-3/h2-5H,1H3,(H6,10,11,12,13,14);2H. The van der Waals surface area contributed by atoms with Gasteiger partial charge >= 0.3 is 0 Å². The van der Waals surface area contributed by atoms with Crippen LogP contribution in [0.25, 0.3) is 0 Å². The van der Waals surface area contributed by atoms with Gasteiger partial charge in [0.25, 0.3) is 0 Å². The average Bonchev–Trinajstić information content (AvgIpc) is 2.21. The predicted octanol–water partition coefficient (Wildman–Crippen LogP) is 0.116. The SMILES string of the molecule is Cc1ccccc1N=C(N)N=C(N)N.N=C=O. The molecule has 0 fully saturated rings. The minimum Gasteiger partial charge on any atom is -0.370 e. The second-order valence-corrected chi connectivity index (χ2v) is 2.90. The fourth-order valence-corrected chi connectivity index (χ4v) is 0.970. The maximum atomic E-state index is 8.35. The molecule has 1 aromatic rings. The van der Waals surface area contributed by atoms with E-state index in [2.05, 4.69) is 9.98 Å². The van der Waals surface area contributed by atoms with Crippen molar-refractivity contribution >= 4 is 23.7 Å². The number of nitrogens with zero attached hydrogens (tertiary/aromatic N) is 2. The van der Waals surface area contributed by atoms with E-state index >= 15 is 0 Å². The van der Waals surface area contributed by atoms with Crippen LogP contribution >= 0.6 is 0 Å². The number of aliphatic imine (C=N–C) groups is 2. The van der Waals surface area contributed by atoms with Crippen molar-refractivity contribution in [2.75, 3.05) is 0 Å². The monoisotopic (exact) mass is 234 g/mol. The Kier molecular flexibility index (Phi) is 6.42. The summed E-state index contributed by atoms with van der Waals surface area (Å²) in [4.78, 5) is 16.0. The number of nitrogens with one attached hydrogen (secondary N) is 1. The van der Waals surface area contributed by atoms with Gasteiger partial charge in [-0.1, -0.05) is 18.2 Å². The van der Waals surface area contributed by atoms with E-state index in [0.717, 1.165) is 17.3 Å². The van der Waals surface area contributed by atoms with Gasteiger partial charge in [0, 0.05) is 0 Å². The van der Waals surface area contributed by atoms with Crippen LogP contribution in [0.1, 0.15) is 5.56 Å². The van der Waals surface area contributed by atoms with Crippen molar-refractivity contribution in [1.29, 1.82) is 5.41 Å². The summed E-state index contributed by atoms with van der Waals surface area (Å²) in [5.41, 5.74) is 17.6. The van der Waals surface area contributed by atoms with Gasteiger partial charge in [0.1, 0.15) is 0 Å². The molecule has 0 saturated heterocycles. The summed E-state index contributed by atoms with van der Waals surface area (Å²) in [6, 6.07) is 7.56. The molecule has 0 aliphatic carbocycles. The predicted molar refractivity (Wildman–Crippen MR) is 66.7 cm³/mol. The Balaban J connectivity index is 0.000000770. The highest BCUT2D eigenvalue weighted by Crippen LogP contribution is 2.16. The first-order chi connectivity index (χ1) is 8.01. The molecule has 1 aromatic carbocycles. The summed E-state index contributed by atoms with van der Waals surface area (Å²) >= 11 is 0. The molecule has 7 nitrogen and oxygen atoms in total. The van der Waals surface area contributed by atoms with Gasteiger partial charge in [0.05, 0.1) is 5.69 Å². The third-order valence-corrected chi connectivity index (χ3v) is 1.59. The molecule has 0 aliphatic heterocycles. The van der Waals surface area contributed by atoms with Crippen LogP contribution < -0.4 is 17.2 Å². The van der Waals surface area contributed by atoms with Crippen molar-refractivity contribution in [2.24, 2.45) is 27.2 Å². The van der Waals surface area contributed by atoms with Crippen molar-refractivity contribution in [3.63, 3.8) is 0 Å². The molecule has 7 heteroatoms.